The van der Waals surface area contributed by atoms with Gasteiger partial charge in [-0.2, -0.15) is 4.98 Å². The van der Waals surface area contributed by atoms with E-state index < -0.39 is 0 Å². The molecule has 0 spiro atoms. The summed E-state index contributed by atoms with van der Waals surface area (Å²) in [7, 11) is 0. The molecule has 1 aromatic heterocycles. The van der Waals surface area contributed by atoms with Gasteiger partial charge in [0.25, 0.3) is 0 Å². The molecule has 1 atom stereocenters. The predicted molar refractivity (Wildman–Crippen MR) is 90.8 cm³/mol. The van der Waals surface area contributed by atoms with Crippen LogP contribution in [0, 0.1) is 12.8 Å². The molecule has 1 fully saturated rings. The van der Waals surface area contributed by atoms with E-state index in [1.807, 2.05) is 40.7 Å². The molecule has 0 bridgehead atoms. The predicted octanol–water partition coefficient (Wildman–Crippen LogP) is 2.31. The second kappa shape index (κ2) is 7.15. The van der Waals surface area contributed by atoms with Crippen molar-refractivity contribution in [3.8, 4) is 5.88 Å². The van der Waals surface area contributed by atoms with Gasteiger partial charge in [-0.25, -0.2) is 4.98 Å². The summed E-state index contributed by atoms with van der Waals surface area (Å²) < 4.78 is 5.50. The van der Waals surface area contributed by atoms with Crippen LogP contribution in [0.2, 0.25) is 0 Å². The SMILES string of the molecule is CCOc1cc(C)nc(N2CCC[C@@H](C(=O)NC(C)(C)C)C2)n1. The average Bonchev–Trinajstić information content (AvgIpc) is 2.45. The van der Waals surface area contributed by atoms with Gasteiger partial charge in [0.1, 0.15) is 0 Å². The lowest BCUT2D eigenvalue weighted by atomic mass is 9.96. The van der Waals surface area contributed by atoms with Crippen molar-refractivity contribution in [1.29, 1.82) is 0 Å². The number of carbonyl (C=O) groups is 1. The summed E-state index contributed by atoms with van der Waals surface area (Å²) in [5.41, 5.74) is 0.668. The van der Waals surface area contributed by atoms with Crippen molar-refractivity contribution in [3.63, 3.8) is 0 Å². The minimum atomic E-state index is -0.207. The number of carbonyl (C=O) groups excluding carboxylic acids is 1. The molecule has 1 amide bonds. The summed E-state index contributed by atoms with van der Waals surface area (Å²) in [6.07, 6.45) is 1.87. The first-order valence-corrected chi connectivity index (χ1v) is 8.34. The van der Waals surface area contributed by atoms with E-state index in [0.717, 1.165) is 25.1 Å². The third-order valence-corrected chi connectivity index (χ3v) is 3.68. The van der Waals surface area contributed by atoms with Crippen LogP contribution in [0.3, 0.4) is 0 Å². The number of nitrogens with zero attached hydrogens (tertiary/aromatic N) is 3. The zero-order chi connectivity index (χ0) is 17.0. The van der Waals surface area contributed by atoms with Gasteiger partial charge in [-0.1, -0.05) is 0 Å². The third kappa shape index (κ3) is 5.08. The fourth-order valence-electron chi connectivity index (χ4n) is 2.73. The Labute approximate surface area is 138 Å². The number of piperidine rings is 1. The van der Waals surface area contributed by atoms with E-state index in [4.69, 9.17) is 4.74 Å². The maximum absolute atomic E-state index is 12.4. The van der Waals surface area contributed by atoms with Crippen LogP contribution in [-0.4, -0.2) is 41.1 Å². The van der Waals surface area contributed by atoms with Gasteiger partial charge in [0.15, 0.2) is 0 Å². The van der Waals surface area contributed by atoms with Crippen LogP contribution < -0.4 is 15.0 Å². The Morgan fingerprint density at radius 2 is 2.17 bits per heavy atom. The number of aromatic nitrogens is 2. The lowest BCUT2D eigenvalue weighted by molar-refractivity contribution is -0.126. The normalized spacial score (nSPS) is 18.7. The maximum Gasteiger partial charge on any atom is 0.228 e. The number of amides is 1. The first-order chi connectivity index (χ1) is 10.8. The summed E-state index contributed by atoms with van der Waals surface area (Å²) in [5.74, 6) is 1.33. The van der Waals surface area contributed by atoms with Crippen molar-refractivity contribution in [2.75, 3.05) is 24.6 Å². The smallest absolute Gasteiger partial charge is 0.228 e. The summed E-state index contributed by atoms with van der Waals surface area (Å²) in [4.78, 5) is 23.5. The van der Waals surface area contributed by atoms with E-state index in [-0.39, 0.29) is 17.4 Å². The molecule has 1 aliphatic heterocycles. The molecule has 1 aromatic rings. The molecular formula is C17H28N4O2. The van der Waals surface area contributed by atoms with Gasteiger partial charge < -0.3 is 15.0 Å². The molecule has 23 heavy (non-hydrogen) atoms. The maximum atomic E-state index is 12.4. The minimum absolute atomic E-state index is 0.0253. The summed E-state index contributed by atoms with van der Waals surface area (Å²) in [6.45, 7) is 12.0. The number of hydrogen-bond acceptors (Lipinski definition) is 5. The van der Waals surface area contributed by atoms with Gasteiger partial charge in [-0.3, -0.25) is 4.79 Å². The molecular weight excluding hydrogens is 292 g/mol. The molecule has 6 heteroatoms. The number of rotatable bonds is 4. The van der Waals surface area contributed by atoms with Crippen LogP contribution in [0.15, 0.2) is 6.07 Å². The Hall–Kier alpha value is -1.85. The van der Waals surface area contributed by atoms with E-state index in [1.165, 1.54) is 0 Å². The van der Waals surface area contributed by atoms with Crippen molar-refractivity contribution >= 4 is 11.9 Å². The average molecular weight is 320 g/mol. The third-order valence-electron chi connectivity index (χ3n) is 3.68. The van der Waals surface area contributed by atoms with E-state index in [2.05, 4.69) is 20.2 Å². The second-order valence-electron chi connectivity index (χ2n) is 7.10. The monoisotopic (exact) mass is 320 g/mol. The Bertz CT molecular complexity index is 554. The molecule has 128 valence electrons. The Morgan fingerprint density at radius 1 is 1.43 bits per heavy atom. The van der Waals surface area contributed by atoms with Crippen molar-refractivity contribution in [2.24, 2.45) is 5.92 Å². The van der Waals surface area contributed by atoms with Crippen molar-refractivity contribution in [1.82, 2.24) is 15.3 Å². The molecule has 0 aromatic carbocycles. The molecule has 0 unspecified atom stereocenters. The lowest BCUT2D eigenvalue weighted by Gasteiger charge is -2.34. The summed E-state index contributed by atoms with van der Waals surface area (Å²) in [5, 5.41) is 3.07. The van der Waals surface area contributed by atoms with Gasteiger partial charge >= 0.3 is 0 Å². The summed E-state index contributed by atoms with van der Waals surface area (Å²) in [6, 6.07) is 1.83. The topological polar surface area (TPSA) is 67.3 Å². The molecule has 0 saturated carbocycles. The molecule has 2 rings (SSSR count). The van der Waals surface area contributed by atoms with Gasteiger partial charge in [-0.15, -0.1) is 0 Å². The largest absolute Gasteiger partial charge is 0.478 e. The first-order valence-electron chi connectivity index (χ1n) is 8.34. The Morgan fingerprint density at radius 3 is 2.83 bits per heavy atom. The second-order valence-corrected chi connectivity index (χ2v) is 7.10. The van der Waals surface area contributed by atoms with Crippen molar-refractivity contribution < 1.29 is 9.53 Å². The highest BCUT2D eigenvalue weighted by Gasteiger charge is 2.29. The highest BCUT2D eigenvalue weighted by atomic mass is 16.5. The molecule has 1 aliphatic rings. The van der Waals surface area contributed by atoms with E-state index in [0.29, 0.717) is 25.0 Å². The first kappa shape index (κ1) is 17.5. The minimum Gasteiger partial charge on any atom is -0.478 e. The van der Waals surface area contributed by atoms with E-state index in [1.54, 1.807) is 0 Å². The van der Waals surface area contributed by atoms with Crippen LogP contribution in [0.5, 0.6) is 5.88 Å². The Balaban J connectivity index is 2.10. The molecule has 1 saturated heterocycles. The number of aryl methyl sites for hydroxylation is 1. The van der Waals surface area contributed by atoms with Gasteiger partial charge in [0.2, 0.25) is 17.7 Å². The summed E-state index contributed by atoms with van der Waals surface area (Å²) >= 11 is 0. The number of hydrogen-bond donors (Lipinski definition) is 1. The quantitative estimate of drug-likeness (QED) is 0.922. The fourth-order valence-corrected chi connectivity index (χ4v) is 2.73. The van der Waals surface area contributed by atoms with Crippen LogP contribution in [0.1, 0.15) is 46.2 Å². The van der Waals surface area contributed by atoms with Crippen LogP contribution in [0.25, 0.3) is 0 Å². The lowest BCUT2D eigenvalue weighted by Crippen LogP contribution is -2.49. The van der Waals surface area contributed by atoms with Crippen molar-refractivity contribution in [2.45, 2.75) is 53.0 Å². The number of anilines is 1. The zero-order valence-corrected chi connectivity index (χ0v) is 14.8. The Kier molecular flexibility index (Phi) is 5.44. The van der Waals surface area contributed by atoms with Gasteiger partial charge in [0, 0.05) is 30.4 Å². The van der Waals surface area contributed by atoms with Crippen LogP contribution in [-0.2, 0) is 4.79 Å². The van der Waals surface area contributed by atoms with Crippen LogP contribution in [0.4, 0.5) is 5.95 Å². The van der Waals surface area contributed by atoms with Crippen LogP contribution >= 0.6 is 0 Å². The zero-order valence-electron chi connectivity index (χ0n) is 14.8. The van der Waals surface area contributed by atoms with Crippen molar-refractivity contribution in [3.05, 3.63) is 11.8 Å². The molecule has 2 heterocycles. The standard InChI is InChI=1S/C17H28N4O2/c1-6-23-14-10-12(2)18-16(19-14)21-9-7-8-13(11-21)15(22)20-17(3,4)5/h10,13H,6-9,11H2,1-5H3,(H,20,22)/t13-/m1/s1. The van der Waals surface area contributed by atoms with E-state index >= 15 is 0 Å². The highest BCUT2D eigenvalue weighted by Crippen LogP contribution is 2.23. The van der Waals surface area contributed by atoms with Gasteiger partial charge in [0.05, 0.1) is 12.5 Å². The van der Waals surface area contributed by atoms with E-state index in [9.17, 15) is 4.79 Å². The molecule has 0 radical (unpaired) electrons. The fraction of sp³-hybridized carbons (Fsp3) is 0.706. The molecule has 1 N–H and O–H groups in total. The van der Waals surface area contributed by atoms with Gasteiger partial charge in [-0.05, 0) is 47.5 Å². The number of nitrogens with one attached hydrogen (secondary N) is 1. The molecule has 0 aliphatic carbocycles. The molecule has 6 nitrogen and oxygen atoms in total. The number of ether oxygens (including phenoxy) is 1. The highest BCUT2D eigenvalue weighted by molar-refractivity contribution is 5.80.